The summed E-state index contributed by atoms with van der Waals surface area (Å²) >= 11 is 0. The lowest BCUT2D eigenvalue weighted by Crippen LogP contribution is -2.31. The molecule has 0 radical (unpaired) electrons. The number of rotatable bonds is 11. The largest absolute Gasteiger partial charge is 0.491 e. The zero-order valence-corrected chi connectivity index (χ0v) is 15.2. The van der Waals surface area contributed by atoms with Gasteiger partial charge in [-0.1, -0.05) is 18.2 Å². The number of hydrogen-bond acceptors (Lipinski definition) is 6. The van der Waals surface area contributed by atoms with Crippen molar-refractivity contribution in [2.75, 3.05) is 44.4 Å². The minimum atomic E-state index is -0.694. The number of benzene rings is 2. The number of aliphatic hydroxyl groups excluding tert-OH is 1. The van der Waals surface area contributed by atoms with Gasteiger partial charge in [0.15, 0.2) is 0 Å². The summed E-state index contributed by atoms with van der Waals surface area (Å²) in [4.78, 5) is 2.29. The number of aliphatic hydroxyl groups is 1. The molecule has 3 atom stereocenters. The molecule has 2 aliphatic heterocycles. The molecule has 2 aromatic rings. The van der Waals surface area contributed by atoms with Crippen LogP contribution in [0, 0.1) is 0 Å². The van der Waals surface area contributed by atoms with Gasteiger partial charge >= 0.3 is 0 Å². The van der Waals surface area contributed by atoms with E-state index in [9.17, 15) is 5.11 Å². The van der Waals surface area contributed by atoms with Crippen LogP contribution < -0.4 is 14.4 Å². The highest BCUT2D eigenvalue weighted by atomic mass is 16.6. The predicted octanol–water partition coefficient (Wildman–Crippen LogP) is 2.11. The minimum absolute atomic E-state index is 0.182. The van der Waals surface area contributed by atoms with Crippen molar-refractivity contribution in [1.29, 1.82) is 0 Å². The number of epoxide rings is 2. The maximum Gasteiger partial charge on any atom is 0.122 e. The summed E-state index contributed by atoms with van der Waals surface area (Å²) in [6.45, 7) is 3.82. The molecule has 2 aromatic carbocycles. The molecule has 2 aliphatic rings. The van der Waals surface area contributed by atoms with E-state index in [2.05, 4.69) is 4.90 Å². The fraction of sp³-hybridized carbons (Fsp3) is 0.429. The van der Waals surface area contributed by atoms with Crippen LogP contribution in [-0.4, -0.2) is 62.9 Å². The van der Waals surface area contributed by atoms with Gasteiger partial charge in [-0.25, -0.2) is 0 Å². The molecule has 2 saturated heterocycles. The summed E-state index contributed by atoms with van der Waals surface area (Å²) in [6, 6.07) is 17.4. The molecular formula is C21H25NO5. The number of nitrogens with zero attached hydrogens (tertiary/aromatic N) is 1. The van der Waals surface area contributed by atoms with Crippen molar-refractivity contribution in [1.82, 2.24) is 0 Å². The summed E-state index contributed by atoms with van der Waals surface area (Å²) < 4.78 is 21.9. The number of ether oxygens (including phenoxy) is 4. The molecule has 27 heavy (non-hydrogen) atoms. The Kier molecular flexibility index (Phi) is 5.77. The molecule has 2 heterocycles. The molecule has 0 saturated carbocycles. The number of anilines is 1. The number of hydrogen-bond donors (Lipinski definition) is 1. The van der Waals surface area contributed by atoms with E-state index in [4.69, 9.17) is 18.9 Å². The summed E-state index contributed by atoms with van der Waals surface area (Å²) in [7, 11) is 0. The maximum atomic E-state index is 10.0. The Morgan fingerprint density at radius 2 is 1.37 bits per heavy atom. The smallest absolute Gasteiger partial charge is 0.122 e. The van der Waals surface area contributed by atoms with Gasteiger partial charge in [-0.2, -0.15) is 0 Å². The molecular weight excluding hydrogens is 346 g/mol. The molecule has 1 N–H and O–H groups in total. The van der Waals surface area contributed by atoms with Crippen LogP contribution in [-0.2, 0) is 9.47 Å². The van der Waals surface area contributed by atoms with Crippen molar-refractivity contribution in [2.24, 2.45) is 0 Å². The predicted molar refractivity (Wildman–Crippen MR) is 102 cm³/mol. The van der Waals surface area contributed by atoms with E-state index in [0.717, 1.165) is 43.5 Å². The van der Waals surface area contributed by atoms with Crippen molar-refractivity contribution in [3.63, 3.8) is 0 Å². The van der Waals surface area contributed by atoms with Gasteiger partial charge in [0, 0.05) is 18.8 Å². The van der Waals surface area contributed by atoms with Crippen molar-refractivity contribution >= 4 is 5.69 Å². The van der Waals surface area contributed by atoms with Crippen LogP contribution in [0.5, 0.6) is 11.5 Å². The fourth-order valence-corrected chi connectivity index (χ4v) is 2.83. The fourth-order valence-electron chi connectivity index (χ4n) is 2.83. The third kappa shape index (κ3) is 5.85. The molecule has 144 valence electrons. The number of para-hydroxylation sites is 1. The van der Waals surface area contributed by atoms with Crippen LogP contribution >= 0.6 is 0 Å². The van der Waals surface area contributed by atoms with Gasteiger partial charge in [-0.3, -0.25) is 0 Å². The van der Waals surface area contributed by atoms with Crippen LogP contribution in [0.4, 0.5) is 5.69 Å². The summed E-state index contributed by atoms with van der Waals surface area (Å²) in [5.41, 5.74) is 1.13. The average molecular weight is 371 g/mol. The lowest BCUT2D eigenvalue weighted by molar-refractivity contribution is 0.0626. The Hall–Kier alpha value is -2.28. The Morgan fingerprint density at radius 1 is 0.852 bits per heavy atom. The average Bonchev–Trinajstić information content (AvgIpc) is 3.62. The van der Waals surface area contributed by atoms with Crippen LogP contribution in [0.25, 0.3) is 0 Å². The van der Waals surface area contributed by atoms with Gasteiger partial charge < -0.3 is 29.0 Å². The molecule has 0 aliphatic carbocycles. The zero-order chi connectivity index (χ0) is 18.5. The first kappa shape index (κ1) is 18.1. The Balaban J connectivity index is 1.24. The van der Waals surface area contributed by atoms with Gasteiger partial charge in [-0.05, 0) is 36.4 Å². The highest BCUT2D eigenvalue weighted by Crippen LogP contribution is 2.24. The van der Waals surface area contributed by atoms with E-state index >= 15 is 0 Å². The van der Waals surface area contributed by atoms with E-state index in [-0.39, 0.29) is 13.2 Å². The normalized spacial score (nSPS) is 21.4. The Labute approximate surface area is 159 Å². The Morgan fingerprint density at radius 3 is 1.89 bits per heavy atom. The summed E-state index contributed by atoms with van der Waals surface area (Å²) in [5.74, 6) is 1.46. The highest BCUT2D eigenvalue weighted by molar-refractivity contribution is 5.49. The third-order valence-electron chi connectivity index (χ3n) is 4.48. The minimum Gasteiger partial charge on any atom is -0.491 e. The molecule has 0 bridgehead atoms. The maximum absolute atomic E-state index is 10.0. The second kappa shape index (κ2) is 8.61. The lowest BCUT2D eigenvalue weighted by Gasteiger charge is -2.23. The van der Waals surface area contributed by atoms with Crippen LogP contribution in [0.3, 0.4) is 0 Å². The summed E-state index contributed by atoms with van der Waals surface area (Å²) in [5, 5.41) is 10.0. The van der Waals surface area contributed by atoms with Crippen LogP contribution in [0.2, 0.25) is 0 Å². The van der Waals surface area contributed by atoms with Gasteiger partial charge in [0.05, 0.1) is 25.4 Å². The lowest BCUT2D eigenvalue weighted by atomic mass is 10.2. The molecule has 6 nitrogen and oxygen atoms in total. The first-order chi connectivity index (χ1) is 13.3. The molecule has 4 rings (SSSR count). The summed E-state index contributed by atoms with van der Waals surface area (Å²) in [6.07, 6.45) is -0.0284. The molecule has 0 amide bonds. The van der Waals surface area contributed by atoms with E-state index in [1.54, 1.807) is 0 Å². The monoisotopic (exact) mass is 371 g/mol. The van der Waals surface area contributed by atoms with Crippen molar-refractivity contribution in [2.45, 2.75) is 18.3 Å². The van der Waals surface area contributed by atoms with Crippen molar-refractivity contribution in [3.8, 4) is 11.5 Å². The third-order valence-corrected chi connectivity index (χ3v) is 4.48. The molecule has 0 aromatic heterocycles. The van der Waals surface area contributed by atoms with E-state index in [1.807, 2.05) is 54.6 Å². The Bertz CT molecular complexity index is 686. The van der Waals surface area contributed by atoms with E-state index < -0.39 is 6.10 Å². The second-order valence-electron chi connectivity index (χ2n) is 6.90. The molecule has 6 heteroatoms. The van der Waals surface area contributed by atoms with Crippen LogP contribution in [0.15, 0.2) is 54.6 Å². The molecule has 3 unspecified atom stereocenters. The van der Waals surface area contributed by atoms with E-state index in [0.29, 0.717) is 12.2 Å². The quantitative estimate of drug-likeness (QED) is 0.610. The van der Waals surface area contributed by atoms with Crippen molar-refractivity contribution in [3.05, 3.63) is 54.6 Å². The van der Waals surface area contributed by atoms with Crippen LogP contribution in [0.1, 0.15) is 0 Å². The van der Waals surface area contributed by atoms with Gasteiger partial charge in [0.25, 0.3) is 0 Å². The van der Waals surface area contributed by atoms with Gasteiger partial charge in [-0.15, -0.1) is 0 Å². The first-order valence-corrected chi connectivity index (χ1v) is 9.33. The molecule has 2 fully saturated rings. The highest BCUT2D eigenvalue weighted by Gasteiger charge is 2.30. The zero-order valence-electron chi connectivity index (χ0n) is 15.2. The van der Waals surface area contributed by atoms with Gasteiger partial charge in [0.2, 0.25) is 0 Å². The second-order valence-corrected chi connectivity index (χ2v) is 6.90. The van der Waals surface area contributed by atoms with Crippen molar-refractivity contribution < 1.29 is 24.1 Å². The standard InChI is InChI=1S/C21H25NO5/c23-17(12-24-18-4-2-1-3-5-18)13-25-19-8-6-16(7-9-19)22(10-20-14-26-20)11-21-15-27-21/h1-9,17,20-21,23H,10-15H2. The molecule has 0 spiro atoms. The SMILES string of the molecule is OC(COc1ccccc1)COc1ccc(N(CC2CO2)CC2CO2)cc1. The van der Waals surface area contributed by atoms with Gasteiger partial charge in [0.1, 0.15) is 30.8 Å². The van der Waals surface area contributed by atoms with E-state index in [1.165, 1.54) is 0 Å². The first-order valence-electron chi connectivity index (χ1n) is 9.33. The topological polar surface area (TPSA) is 67.0 Å².